The van der Waals surface area contributed by atoms with Crippen LogP contribution >= 0.6 is 0 Å². The highest BCUT2D eigenvalue weighted by Crippen LogP contribution is 2.20. The first-order valence-electron chi connectivity index (χ1n) is 6.29. The molecule has 108 valence electrons. The van der Waals surface area contributed by atoms with Gasteiger partial charge in [0.05, 0.1) is 7.11 Å². The van der Waals surface area contributed by atoms with E-state index in [-0.39, 0.29) is 17.8 Å². The van der Waals surface area contributed by atoms with Crippen LogP contribution in [0.5, 0.6) is 5.75 Å². The first kappa shape index (κ1) is 14.1. The lowest BCUT2D eigenvalue weighted by atomic mass is 10.1. The van der Waals surface area contributed by atoms with E-state index >= 15 is 0 Å². The lowest BCUT2D eigenvalue weighted by molar-refractivity contribution is -0.119. The zero-order valence-corrected chi connectivity index (χ0v) is 11.2. The summed E-state index contributed by atoms with van der Waals surface area (Å²) in [4.78, 5) is 11.1. The van der Waals surface area contributed by atoms with Gasteiger partial charge in [0, 0.05) is 36.7 Å². The summed E-state index contributed by atoms with van der Waals surface area (Å²) in [7, 11) is 1.59. The van der Waals surface area contributed by atoms with Crippen molar-refractivity contribution in [2.45, 2.75) is 19.0 Å². The summed E-state index contributed by atoms with van der Waals surface area (Å²) < 4.78 is 5.28. The summed E-state index contributed by atoms with van der Waals surface area (Å²) in [5.74, 6) is 0.816. The lowest BCUT2D eigenvalue weighted by Gasteiger charge is -2.14. The standard InChI is InChI=1S/C13H18N4O3/c1-20-11-3-2-8(13(14)17-19)4-9(11)6-15-10-5-12(18)16-7-10/h2-4,10,15,19H,5-7H2,1H3,(H2,14,17)(H,16,18). The fourth-order valence-electron chi connectivity index (χ4n) is 2.14. The Morgan fingerprint density at radius 2 is 2.45 bits per heavy atom. The van der Waals surface area contributed by atoms with Gasteiger partial charge in [-0.15, -0.1) is 0 Å². The molecule has 0 aliphatic carbocycles. The second-order valence-electron chi connectivity index (χ2n) is 4.60. The predicted molar refractivity (Wildman–Crippen MR) is 73.8 cm³/mol. The minimum absolute atomic E-state index is 0.0478. The minimum atomic E-state index is 0.0478. The summed E-state index contributed by atoms with van der Waals surface area (Å²) >= 11 is 0. The van der Waals surface area contributed by atoms with Crippen LogP contribution in [0.3, 0.4) is 0 Å². The molecule has 0 saturated carbocycles. The van der Waals surface area contributed by atoms with Crippen LogP contribution in [0.4, 0.5) is 0 Å². The first-order chi connectivity index (χ1) is 9.63. The molecule has 2 rings (SSSR count). The molecule has 0 aromatic heterocycles. The van der Waals surface area contributed by atoms with Crippen LogP contribution in [0, 0.1) is 0 Å². The Labute approximate surface area is 116 Å². The predicted octanol–water partition coefficient (Wildman–Crippen LogP) is -0.232. The maximum atomic E-state index is 11.1. The van der Waals surface area contributed by atoms with Crippen LogP contribution in [0.15, 0.2) is 23.4 Å². The van der Waals surface area contributed by atoms with Gasteiger partial charge < -0.3 is 26.3 Å². The number of hydrogen-bond donors (Lipinski definition) is 4. The number of amides is 1. The molecule has 20 heavy (non-hydrogen) atoms. The van der Waals surface area contributed by atoms with Crippen molar-refractivity contribution in [3.8, 4) is 5.75 Å². The molecule has 1 aromatic carbocycles. The molecule has 7 nitrogen and oxygen atoms in total. The van der Waals surface area contributed by atoms with Gasteiger partial charge in [0.2, 0.25) is 5.91 Å². The van der Waals surface area contributed by atoms with Gasteiger partial charge in [0.1, 0.15) is 5.75 Å². The summed E-state index contributed by atoms with van der Waals surface area (Å²) in [6.07, 6.45) is 0.474. The number of nitrogens with one attached hydrogen (secondary N) is 2. The maximum Gasteiger partial charge on any atom is 0.221 e. The van der Waals surface area contributed by atoms with E-state index in [0.29, 0.717) is 30.8 Å². The fraction of sp³-hybridized carbons (Fsp3) is 0.385. The molecule has 0 spiro atoms. The van der Waals surface area contributed by atoms with Crippen molar-refractivity contribution in [2.24, 2.45) is 10.9 Å². The molecule has 1 aromatic rings. The molecule has 7 heteroatoms. The summed E-state index contributed by atoms with van der Waals surface area (Å²) in [5, 5.41) is 17.7. The van der Waals surface area contributed by atoms with E-state index in [0.717, 1.165) is 5.56 Å². The average molecular weight is 278 g/mol. The quantitative estimate of drug-likeness (QED) is 0.257. The van der Waals surface area contributed by atoms with Gasteiger partial charge in [-0.1, -0.05) is 5.16 Å². The summed E-state index contributed by atoms with van der Waals surface area (Å²) in [6, 6.07) is 5.39. The highest BCUT2D eigenvalue weighted by molar-refractivity contribution is 5.97. The first-order valence-corrected chi connectivity index (χ1v) is 6.29. The van der Waals surface area contributed by atoms with Crippen molar-refractivity contribution in [1.29, 1.82) is 0 Å². The number of nitrogens with two attached hydrogens (primary N) is 1. The topological polar surface area (TPSA) is 109 Å². The minimum Gasteiger partial charge on any atom is -0.496 e. The molecule has 1 amide bonds. The van der Waals surface area contributed by atoms with Crippen molar-refractivity contribution in [3.63, 3.8) is 0 Å². The van der Waals surface area contributed by atoms with Gasteiger partial charge in [-0.05, 0) is 18.2 Å². The van der Waals surface area contributed by atoms with Crippen LogP contribution in [-0.4, -0.2) is 36.6 Å². The Balaban J connectivity index is 2.10. The normalized spacial score (nSPS) is 18.9. The smallest absolute Gasteiger partial charge is 0.221 e. The third kappa shape index (κ3) is 3.18. The van der Waals surface area contributed by atoms with Gasteiger partial charge in [-0.25, -0.2) is 0 Å². The number of rotatable bonds is 5. The van der Waals surface area contributed by atoms with Gasteiger partial charge in [-0.2, -0.15) is 0 Å². The molecule has 1 aliphatic rings. The number of carbonyl (C=O) groups is 1. The highest BCUT2D eigenvalue weighted by atomic mass is 16.5. The second kappa shape index (κ2) is 6.25. The molecular formula is C13H18N4O3. The number of amidine groups is 1. The van der Waals surface area contributed by atoms with Crippen molar-refractivity contribution in [2.75, 3.05) is 13.7 Å². The van der Waals surface area contributed by atoms with E-state index in [9.17, 15) is 4.79 Å². The number of oxime groups is 1. The largest absolute Gasteiger partial charge is 0.496 e. The second-order valence-corrected chi connectivity index (χ2v) is 4.60. The molecule has 0 radical (unpaired) electrons. The zero-order chi connectivity index (χ0) is 14.5. The van der Waals surface area contributed by atoms with Crippen LogP contribution in [0.1, 0.15) is 17.5 Å². The third-order valence-corrected chi connectivity index (χ3v) is 3.24. The average Bonchev–Trinajstić information content (AvgIpc) is 2.89. The highest BCUT2D eigenvalue weighted by Gasteiger charge is 2.21. The van der Waals surface area contributed by atoms with E-state index in [1.54, 1.807) is 25.3 Å². The third-order valence-electron chi connectivity index (χ3n) is 3.24. The van der Waals surface area contributed by atoms with Crippen molar-refractivity contribution in [1.82, 2.24) is 10.6 Å². The van der Waals surface area contributed by atoms with Gasteiger partial charge in [0.25, 0.3) is 0 Å². The molecule has 0 bridgehead atoms. The molecular weight excluding hydrogens is 260 g/mol. The van der Waals surface area contributed by atoms with Crippen LogP contribution in [0.2, 0.25) is 0 Å². The number of nitrogens with zero attached hydrogens (tertiary/aromatic N) is 1. The molecule has 1 aliphatic heterocycles. The van der Waals surface area contributed by atoms with Crippen LogP contribution in [0.25, 0.3) is 0 Å². The lowest BCUT2D eigenvalue weighted by Crippen LogP contribution is -2.30. The maximum absolute atomic E-state index is 11.1. The molecule has 5 N–H and O–H groups in total. The van der Waals surface area contributed by atoms with Gasteiger partial charge >= 0.3 is 0 Å². The van der Waals surface area contributed by atoms with E-state index in [1.807, 2.05) is 0 Å². The number of benzene rings is 1. The van der Waals surface area contributed by atoms with Gasteiger partial charge in [-0.3, -0.25) is 4.79 Å². The van der Waals surface area contributed by atoms with E-state index in [4.69, 9.17) is 15.7 Å². The van der Waals surface area contributed by atoms with E-state index in [2.05, 4.69) is 15.8 Å². The molecule has 1 fully saturated rings. The Morgan fingerprint density at radius 3 is 3.05 bits per heavy atom. The molecule has 1 atom stereocenters. The Hall–Kier alpha value is -2.28. The molecule has 1 heterocycles. The van der Waals surface area contributed by atoms with Crippen molar-refractivity contribution >= 4 is 11.7 Å². The monoisotopic (exact) mass is 278 g/mol. The Morgan fingerprint density at radius 1 is 1.65 bits per heavy atom. The number of ether oxygens (including phenoxy) is 1. The SMILES string of the molecule is COc1ccc(/C(N)=N/O)cc1CNC1CNC(=O)C1. The van der Waals surface area contributed by atoms with Crippen molar-refractivity contribution < 1.29 is 14.7 Å². The zero-order valence-electron chi connectivity index (χ0n) is 11.2. The molecule has 1 saturated heterocycles. The van der Waals surface area contributed by atoms with Crippen LogP contribution < -0.4 is 21.1 Å². The Bertz CT molecular complexity index is 530. The van der Waals surface area contributed by atoms with E-state index < -0.39 is 0 Å². The number of hydrogen-bond acceptors (Lipinski definition) is 5. The summed E-state index contributed by atoms with van der Waals surface area (Å²) in [5.41, 5.74) is 7.08. The van der Waals surface area contributed by atoms with Gasteiger partial charge in [0.15, 0.2) is 5.84 Å². The van der Waals surface area contributed by atoms with Crippen molar-refractivity contribution in [3.05, 3.63) is 29.3 Å². The number of carbonyl (C=O) groups excluding carboxylic acids is 1. The molecule has 1 unspecified atom stereocenters. The van der Waals surface area contributed by atoms with E-state index in [1.165, 1.54) is 0 Å². The fourth-order valence-corrected chi connectivity index (χ4v) is 2.14. The Kier molecular flexibility index (Phi) is 4.41. The summed E-state index contributed by atoms with van der Waals surface area (Å²) in [6.45, 7) is 1.16. The number of methoxy groups -OCH3 is 1. The van der Waals surface area contributed by atoms with Crippen LogP contribution in [-0.2, 0) is 11.3 Å².